The lowest BCUT2D eigenvalue weighted by Gasteiger charge is -2.42. The van der Waals surface area contributed by atoms with Gasteiger partial charge in [-0.3, -0.25) is 14.5 Å². The van der Waals surface area contributed by atoms with E-state index in [0.29, 0.717) is 19.5 Å². The maximum absolute atomic E-state index is 13.8. The fourth-order valence-corrected chi connectivity index (χ4v) is 6.00. The zero-order chi connectivity index (χ0) is 29.8. The SMILES string of the molecule is C=CC1=C(C)CCNC1CC(=O)NC(CC(=C)/C=C/C)C(=O)N1CCN(C(CN(CC)CC)c2ccccc2)CC1. The van der Waals surface area contributed by atoms with E-state index in [1.54, 1.807) is 0 Å². The van der Waals surface area contributed by atoms with Crippen LogP contribution in [0.5, 0.6) is 0 Å². The number of carbonyl (C=O) groups excluding carboxylic acids is 2. The molecule has 7 heteroatoms. The number of carbonyl (C=O) groups is 2. The van der Waals surface area contributed by atoms with Gasteiger partial charge in [-0.2, -0.15) is 0 Å². The molecule has 2 aliphatic rings. The lowest BCUT2D eigenvalue weighted by atomic mass is 9.93. The molecule has 1 aromatic rings. The molecule has 224 valence electrons. The van der Waals surface area contributed by atoms with Crippen molar-refractivity contribution >= 4 is 11.8 Å². The molecule has 1 fully saturated rings. The predicted molar refractivity (Wildman–Crippen MR) is 170 cm³/mol. The zero-order valence-electron chi connectivity index (χ0n) is 25.7. The molecule has 2 amide bonds. The van der Waals surface area contributed by atoms with E-state index in [-0.39, 0.29) is 30.3 Å². The van der Waals surface area contributed by atoms with Crippen molar-refractivity contribution < 1.29 is 9.59 Å². The van der Waals surface area contributed by atoms with Crippen molar-refractivity contribution in [1.29, 1.82) is 0 Å². The Morgan fingerprint density at radius 1 is 1.15 bits per heavy atom. The summed E-state index contributed by atoms with van der Waals surface area (Å²) in [6, 6.07) is 10.2. The summed E-state index contributed by atoms with van der Waals surface area (Å²) in [5.41, 5.74) is 4.48. The van der Waals surface area contributed by atoms with Crippen LogP contribution in [0.2, 0.25) is 0 Å². The third kappa shape index (κ3) is 9.25. The maximum atomic E-state index is 13.8. The summed E-state index contributed by atoms with van der Waals surface area (Å²) >= 11 is 0. The Morgan fingerprint density at radius 3 is 2.44 bits per heavy atom. The molecule has 2 aliphatic heterocycles. The first-order chi connectivity index (χ1) is 19.8. The highest BCUT2D eigenvalue weighted by atomic mass is 16.2. The summed E-state index contributed by atoms with van der Waals surface area (Å²) in [6.45, 7) is 23.2. The van der Waals surface area contributed by atoms with Crippen LogP contribution < -0.4 is 10.6 Å². The minimum atomic E-state index is -0.640. The smallest absolute Gasteiger partial charge is 0.245 e. The summed E-state index contributed by atoms with van der Waals surface area (Å²) in [5.74, 6) is -0.166. The fraction of sp³-hybridized carbons (Fsp3) is 0.529. The van der Waals surface area contributed by atoms with Gasteiger partial charge in [-0.15, -0.1) is 0 Å². The van der Waals surface area contributed by atoms with Crippen LogP contribution in [0.3, 0.4) is 0 Å². The summed E-state index contributed by atoms with van der Waals surface area (Å²) in [7, 11) is 0. The Balaban J connectivity index is 1.69. The lowest BCUT2D eigenvalue weighted by Crippen LogP contribution is -2.56. The van der Waals surface area contributed by atoms with Crippen molar-refractivity contribution in [2.24, 2.45) is 0 Å². The van der Waals surface area contributed by atoms with E-state index in [4.69, 9.17) is 0 Å². The monoisotopic (exact) mass is 561 g/mol. The molecule has 2 heterocycles. The number of piperazine rings is 1. The van der Waals surface area contributed by atoms with Gasteiger partial charge in [0.05, 0.1) is 0 Å². The molecule has 7 nitrogen and oxygen atoms in total. The quantitative estimate of drug-likeness (QED) is 0.328. The number of nitrogens with one attached hydrogen (secondary N) is 2. The Morgan fingerprint density at radius 2 is 1.83 bits per heavy atom. The highest BCUT2D eigenvalue weighted by Crippen LogP contribution is 2.24. The van der Waals surface area contributed by atoms with Gasteiger partial charge in [0.15, 0.2) is 0 Å². The van der Waals surface area contributed by atoms with Crippen LogP contribution in [-0.4, -0.2) is 91.0 Å². The van der Waals surface area contributed by atoms with Crippen LogP contribution in [-0.2, 0) is 9.59 Å². The minimum Gasteiger partial charge on any atom is -0.344 e. The summed E-state index contributed by atoms with van der Waals surface area (Å²) < 4.78 is 0. The summed E-state index contributed by atoms with van der Waals surface area (Å²) in [5, 5.41) is 6.51. The highest BCUT2D eigenvalue weighted by Gasteiger charge is 2.32. The average Bonchev–Trinajstić information content (AvgIpc) is 2.98. The van der Waals surface area contributed by atoms with Crippen molar-refractivity contribution in [1.82, 2.24) is 25.3 Å². The Bertz CT molecular complexity index is 1080. The topological polar surface area (TPSA) is 67.9 Å². The fourth-order valence-electron chi connectivity index (χ4n) is 6.00. The van der Waals surface area contributed by atoms with Crippen LogP contribution in [0.15, 0.2) is 78.4 Å². The third-order valence-corrected chi connectivity index (χ3v) is 8.45. The van der Waals surface area contributed by atoms with E-state index < -0.39 is 6.04 Å². The van der Waals surface area contributed by atoms with E-state index in [1.165, 1.54) is 11.1 Å². The standard InChI is InChI=1S/C34H51N5O2/c1-7-14-26(5)23-31(36-33(40)24-30-29(8-2)27(6)17-18-35-30)34(41)39-21-19-38(20-22-39)32(25-37(9-3)10-4)28-15-12-11-13-16-28/h7-8,11-16,30-32,35H,2,5,9-10,17-25H2,1,3-4,6H3,(H,36,40)/b14-7+. The molecule has 41 heavy (non-hydrogen) atoms. The molecule has 0 saturated carbocycles. The van der Waals surface area contributed by atoms with Gasteiger partial charge in [-0.1, -0.05) is 86.7 Å². The van der Waals surface area contributed by atoms with Crippen LogP contribution in [0, 0.1) is 0 Å². The average molecular weight is 562 g/mol. The van der Waals surface area contributed by atoms with E-state index in [1.807, 2.05) is 30.1 Å². The zero-order valence-corrected chi connectivity index (χ0v) is 25.7. The molecular formula is C34H51N5O2. The predicted octanol–water partition coefficient (Wildman–Crippen LogP) is 4.48. The number of nitrogens with zero attached hydrogens (tertiary/aromatic N) is 3. The number of allylic oxidation sites excluding steroid dienone is 2. The van der Waals surface area contributed by atoms with E-state index in [2.05, 4.69) is 84.7 Å². The normalized spacial score (nSPS) is 19.8. The minimum absolute atomic E-state index is 0.0315. The van der Waals surface area contributed by atoms with E-state index in [0.717, 1.165) is 56.8 Å². The Hall–Kier alpha value is -3.00. The van der Waals surface area contributed by atoms with Crippen molar-refractivity contribution in [3.05, 3.63) is 84.0 Å². The molecule has 0 radical (unpaired) electrons. The summed E-state index contributed by atoms with van der Waals surface area (Å²) in [6.07, 6.45) is 7.29. The van der Waals surface area contributed by atoms with Gasteiger partial charge in [-0.05, 0) is 51.0 Å². The molecule has 1 aromatic carbocycles. The molecule has 0 aromatic heterocycles. The molecule has 1 saturated heterocycles. The van der Waals surface area contributed by atoms with E-state index >= 15 is 0 Å². The molecular weight excluding hydrogens is 510 g/mol. The molecule has 0 spiro atoms. The number of hydrogen-bond donors (Lipinski definition) is 2. The van der Waals surface area contributed by atoms with Crippen LogP contribution >= 0.6 is 0 Å². The Labute approximate surface area is 248 Å². The van der Waals surface area contributed by atoms with Gasteiger partial charge in [0, 0.05) is 57.6 Å². The van der Waals surface area contributed by atoms with Gasteiger partial charge in [0.1, 0.15) is 6.04 Å². The number of rotatable bonds is 14. The van der Waals surface area contributed by atoms with Gasteiger partial charge in [-0.25, -0.2) is 0 Å². The van der Waals surface area contributed by atoms with Crippen LogP contribution in [0.4, 0.5) is 0 Å². The highest BCUT2D eigenvalue weighted by molar-refractivity contribution is 5.88. The first kappa shape index (κ1) is 32.5. The van der Waals surface area contributed by atoms with Crippen molar-refractivity contribution in [2.75, 3.05) is 52.4 Å². The molecule has 3 rings (SSSR count). The molecule has 0 aliphatic carbocycles. The maximum Gasteiger partial charge on any atom is 0.245 e. The number of amides is 2. The first-order valence-electron chi connectivity index (χ1n) is 15.3. The molecule has 3 atom stereocenters. The van der Waals surface area contributed by atoms with Crippen LogP contribution in [0.25, 0.3) is 0 Å². The van der Waals surface area contributed by atoms with E-state index in [9.17, 15) is 9.59 Å². The van der Waals surface area contributed by atoms with Crippen molar-refractivity contribution in [2.45, 2.75) is 65.1 Å². The second-order valence-electron chi connectivity index (χ2n) is 11.2. The molecule has 0 bridgehead atoms. The van der Waals surface area contributed by atoms with Crippen LogP contribution in [0.1, 0.15) is 58.6 Å². The van der Waals surface area contributed by atoms with Crippen molar-refractivity contribution in [3.63, 3.8) is 0 Å². The molecule has 3 unspecified atom stereocenters. The Kier molecular flexibility index (Phi) is 13.0. The number of benzene rings is 1. The third-order valence-electron chi connectivity index (χ3n) is 8.45. The van der Waals surface area contributed by atoms with Gasteiger partial charge in [0.2, 0.25) is 11.8 Å². The molecule has 2 N–H and O–H groups in total. The lowest BCUT2D eigenvalue weighted by molar-refractivity contribution is -0.138. The second kappa shape index (κ2) is 16.4. The summed E-state index contributed by atoms with van der Waals surface area (Å²) in [4.78, 5) is 34.0. The van der Waals surface area contributed by atoms with Gasteiger partial charge >= 0.3 is 0 Å². The van der Waals surface area contributed by atoms with Gasteiger partial charge < -0.3 is 20.4 Å². The van der Waals surface area contributed by atoms with Crippen molar-refractivity contribution in [3.8, 4) is 0 Å². The number of hydrogen-bond acceptors (Lipinski definition) is 5. The largest absolute Gasteiger partial charge is 0.344 e. The van der Waals surface area contributed by atoms with Gasteiger partial charge in [0.25, 0.3) is 0 Å². The first-order valence-corrected chi connectivity index (χ1v) is 15.3. The number of likely N-dealkylation sites (N-methyl/N-ethyl adjacent to an activating group) is 1. The second-order valence-corrected chi connectivity index (χ2v) is 11.2.